The average Bonchev–Trinajstić information content (AvgIpc) is 2.51. The lowest BCUT2D eigenvalue weighted by Gasteiger charge is -2.22. The van der Waals surface area contributed by atoms with E-state index in [1.54, 1.807) is 0 Å². The van der Waals surface area contributed by atoms with Gasteiger partial charge in [0, 0.05) is 28.7 Å². The zero-order valence-electron chi connectivity index (χ0n) is 13.4. The van der Waals surface area contributed by atoms with Gasteiger partial charge >= 0.3 is 0 Å². The van der Waals surface area contributed by atoms with E-state index in [1.807, 2.05) is 0 Å². The van der Waals surface area contributed by atoms with Gasteiger partial charge in [0.15, 0.2) is 0 Å². The third-order valence-electron chi connectivity index (χ3n) is 3.45. The van der Waals surface area contributed by atoms with E-state index in [0.29, 0.717) is 16.5 Å². The Balaban J connectivity index is 2.52. The number of fused-ring (bicyclic) bond motifs is 1. The van der Waals surface area contributed by atoms with Crippen LogP contribution in [-0.4, -0.2) is 30.8 Å². The van der Waals surface area contributed by atoms with Crippen LogP contribution in [0.3, 0.4) is 0 Å². The molecule has 0 bridgehead atoms. The van der Waals surface area contributed by atoms with Gasteiger partial charge in [0.2, 0.25) is 21.9 Å². The molecule has 11 heteroatoms. The molecule has 0 aliphatic heterocycles. The summed E-state index contributed by atoms with van der Waals surface area (Å²) >= 11 is 5.93. The van der Waals surface area contributed by atoms with E-state index in [2.05, 4.69) is 9.71 Å². The van der Waals surface area contributed by atoms with Crippen molar-refractivity contribution in [3.63, 3.8) is 0 Å². The lowest BCUT2D eigenvalue weighted by atomic mass is 10.1. The van der Waals surface area contributed by atoms with Crippen LogP contribution < -0.4 is 20.6 Å². The van der Waals surface area contributed by atoms with Crippen molar-refractivity contribution in [1.82, 2.24) is 9.71 Å². The molecule has 25 heavy (non-hydrogen) atoms. The van der Waals surface area contributed by atoms with Crippen LogP contribution in [0.5, 0.6) is 0 Å². The molecule has 0 saturated heterocycles. The number of rotatable bonds is 5. The van der Waals surface area contributed by atoms with Gasteiger partial charge in [0.05, 0.1) is 16.8 Å². The molecular weight excluding hydrogens is 368 g/mol. The Labute approximate surface area is 149 Å². The second-order valence-corrected chi connectivity index (χ2v) is 7.82. The SMILES string of the molecule is CC(C)(NS(=O)(=O)c1ccc2c(N(Cl)C(=N)N)cncc2c1)C(N)=O. The third kappa shape index (κ3) is 3.81. The summed E-state index contributed by atoms with van der Waals surface area (Å²) in [5.74, 6) is -1.21. The molecule has 9 nitrogen and oxygen atoms in total. The van der Waals surface area contributed by atoms with Gasteiger partial charge in [0.25, 0.3) is 0 Å². The van der Waals surface area contributed by atoms with Crippen LogP contribution in [0, 0.1) is 5.41 Å². The van der Waals surface area contributed by atoms with Crippen LogP contribution in [0.25, 0.3) is 10.8 Å². The predicted octanol–water partition coefficient (Wildman–Crippen LogP) is 0.631. The van der Waals surface area contributed by atoms with E-state index in [-0.39, 0.29) is 4.90 Å². The minimum absolute atomic E-state index is 0.0720. The maximum Gasteiger partial charge on any atom is 0.241 e. The maximum absolute atomic E-state index is 12.5. The highest BCUT2D eigenvalue weighted by atomic mass is 35.5. The molecule has 0 saturated carbocycles. The number of primary amides is 1. The van der Waals surface area contributed by atoms with Crippen LogP contribution in [0.4, 0.5) is 5.69 Å². The van der Waals surface area contributed by atoms with E-state index in [1.165, 1.54) is 44.4 Å². The van der Waals surface area contributed by atoms with Crippen molar-refractivity contribution in [3.8, 4) is 0 Å². The monoisotopic (exact) mass is 384 g/mol. The first-order chi connectivity index (χ1) is 11.5. The number of halogens is 1. The highest BCUT2D eigenvalue weighted by molar-refractivity contribution is 7.89. The first-order valence-electron chi connectivity index (χ1n) is 6.97. The minimum atomic E-state index is -4.00. The summed E-state index contributed by atoms with van der Waals surface area (Å²) in [4.78, 5) is 15.3. The summed E-state index contributed by atoms with van der Waals surface area (Å²) in [5, 5.41) is 8.40. The number of benzene rings is 1. The van der Waals surface area contributed by atoms with Gasteiger partial charge in [-0.3, -0.25) is 15.2 Å². The first kappa shape index (κ1) is 18.9. The molecule has 0 fully saturated rings. The Morgan fingerprint density at radius 3 is 2.52 bits per heavy atom. The number of sulfonamides is 1. The average molecular weight is 385 g/mol. The number of carbonyl (C=O) groups is 1. The fourth-order valence-corrected chi connectivity index (χ4v) is 3.59. The topological polar surface area (TPSA) is 155 Å². The molecule has 134 valence electrons. The van der Waals surface area contributed by atoms with Gasteiger partial charge in [-0.1, -0.05) is 6.07 Å². The second kappa shape index (κ2) is 6.47. The molecule has 2 aromatic rings. The predicted molar refractivity (Wildman–Crippen MR) is 95.6 cm³/mol. The van der Waals surface area contributed by atoms with E-state index >= 15 is 0 Å². The van der Waals surface area contributed by atoms with Crippen molar-refractivity contribution in [1.29, 1.82) is 5.41 Å². The van der Waals surface area contributed by atoms with E-state index in [0.717, 1.165) is 4.42 Å². The second-order valence-electron chi connectivity index (χ2n) is 5.80. The molecule has 1 aromatic carbocycles. The first-order valence-corrected chi connectivity index (χ1v) is 8.79. The maximum atomic E-state index is 12.5. The number of hydrogen-bond acceptors (Lipinski definition) is 5. The molecule has 1 aromatic heterocycles. The van der Waals surface area contributed by atoms with Gasteiger partial charge in [-0.15, -0.1) is 0 Å². The summed E-state index contributed by atoms with van der Waals surface area (Å²) in [7, 11) is -4.00. The Bertz CT molecular complexity index is 960. The molecule has 1 amide bonds. The Morgan fingerprint density at radius 2 is 1.96 bits per heavy atom. The quantitative estimate of drug-likeness (QED) is 0.336. The van der Waals surface area contributed by atoms with Gasteiger partial charge in [-0.25, -0.2) is 12.8 Å². The lowest BCUT2D eigenvalue weighted by molar-refractivity contribution is -0.122. The molecule has 0 aliphatic rings. The van der Waals surface area contributed by atoms with Crippen molar-refractivity contribution in [2.24, 2.45) is 11.5 Å². The number of hydrogen-bond donors (Lipinski definition) is 4. The summed E-state index contributed by atoms with van der Waals surface area (Å²) in [6.07, 6.45) is 2.85. The number of guanidine groups is 1. The fourth-order valence-electron chi connectivity index (χ4n) is 2.04. The van der Waals surface area contributed by atoms with Crippen molar-refractivity contribution in [2.75, 3.05) is 4.42 Å². The zero-order valence-corrected chi connectivity index (χ0v) is 15.0. The Hall–Kier alpha value is -2.43. The Kier molecular flexibility index (Phi) is 4.89. The minimum Gasteiger partial charge on any atom is -0.369 e. The van der Waals surface area contributed by atoms with Crippen LogP contribution in [-0.2, 0) is 14.8 Å². The Morgan fingerprint density at radius 1 is 1.32 bits per heavy atom. The van der Waals surface area contributed by atoms with Crippen molar-refractivity contribution in [3.05, 3.63) is 30.6 Å². The lowest BCUT2D eigenvalue weighted by Crippen LogP contribution is -2.52. The number of aromatic nitrogens is 1. The highest BCUT2D eigenvalue weighted by Gasteiger charge is 2.31. The summed E-state index contributed by atoms with van der Waals surface area (Å²) < 4.78 is 28.1. The normalized spacial score (nSPS) is 12.1. The number of pyridine rings is 1. The van der Waals surface area contributed by atoms with Gasteiger partial charge in [0.1, 0.15) is 5.54 Å². The molecule has 2 rings (SSSR count). The molecule has 0 unspecified atom stereocenters. The van der Waals surface area contributed by atoms with Crippen LogP contribution in [0.15, 0.2) is 35.5 Å². The standard InChI is InChI=1S/C14H17ClN6O3S/c1-14(2,12(16)22)20-25(23,24)9-3-4-10-8(5-9)6-19-7-11(10)21(15)13(17)18/h3-7,20H,1-2H3,(H2,16,22)(H3,17,18). The fraction of sp³-hybridized carbons (Fsp3) is 0.214. The number of nitrogens with one attached hydrogen (secondary N) is 2. The number of carbonyl (C=O) groups excluding carboxylic acids is 1. The van der Waals surface area contributed by atoms with Crippen LogP contribution >= 0.6 is 11.8 Å². The molecule has 0 aliphatic carbocycles. The van der Waals surface area contributed by atoms with Crippen LogP contribution in [0.2, 0.25) is 0 Å². The number of nitrogens with two attached hydrogens (primary N) is 2. The van der Waals surface area contributed by atoms with Gasteiger partial charge in [-0.05, 0) is 26.0 Å². The van der Waals surface area contributed by atoms with Gasteiger partial charge < -0.3 is 11.5 Å². The van der Waals surface area contributed by atoms with E-state index in [9.17, 15) is 13.2 Å². The molecule has 6 N–H and O–H groups in total. The summed E-state index contributed by atoms with van der Waals surface area (Å²) in [6, 6.07) is 4.22. The third-order valence-corrected chi connectivity index (χ3v) is 5.47. The van der Waals surface area contributed by atoms with E-state index < -0.39 is 27.4 Å². The summed E-state index contributed by atoms with van der Waals surface area (Å²) in [5.41, 5.74) is 9.44. The molecule has 0 radical (unpaired) electrons. The zero-order chi connectivity index (χ0) is 19.0. The number of anilines is 1. The van der Waals surface area contributed by atoms with E-state index in [4.69, 9.17) is 28.7 Å². The number of amides is 1. The van der Waals surface area contributed by atoms with Crippen molar-refractivity contribution in [2.45, 2.75) is 24.3 Å². The molecule has 1 heterocycles. The van der Waals surface area contributed by atoms with Crippen molar-refractivity contribution < 1.29 is 13.2 Å². The molecule has 0 spiro atoms. The van der Waals surface area contributed by atoms with Crippen molar-refractivity contribution >= 4 is 50.1 Å². The highest BCUT2D eigenvalue weighted by Crippen LogP contribution is 2.28. The summed E-state index contributed by atoms with van der Waals surface area (Å²) in [6.45, 7) is 2.73. The van der Waals surface area contributed by atoms with Gasteiger partial charge in [-0.2, -0.15) is 4.72 Å². The largest absolute Gasteiger partial charge is 0.369 e. The molecular formula is C14H17ClN6O3S. The molecule has 0 atom stereocenters. The number of nitrogens with zero attached hydrogens (tertiary/aromatic N) is 2. The van der Waals surface area contributed by atoms with Crippen LogP contribution in [0.1, 0.15) is 13.8 Å². The smallest absolute Gasteiger partial charge is 0.241 e.